The zero-order valence-electron chi connectivity index (χ0n) is 13.0. The smallest absolute Gasteiger partial charge is 0.218 e. The number of ether oxygens (including phenoxy) is 1. The monoisotopic (exact) mass is 285 g/mol. The molecule has 112 valence electrons. The average Bonchev–Trinajstić information content (AvgIpc) is 2.34. The topological polar surface area (TPSA) is 71.9 Å². The number of fused-ring (bicyclic) bond motifs is 1. The normalized spacial score (nSPS) is 31.0. The molecule has 0 unspecified atom stereocenters. The highest BCUT2D eigenvalue weighted by atomic mass is 16.5. The number of aromatic nitrogens is 1. The number of hydrogen-bond donors (Lipinski definition) is 1. The minimum Gasteiger partial charge on any atom is -0.471 e. The molecular formula is C17H23N3O. The van der Waals surface area contributed by atoms with Crippen molar-refractivity contribution >= 4 is 0 Å². The van der Waals surface area contributed by atoms with Crippen molar-refractivity contribution in [3.63, 3.8) is 0 Å². The number of nitrogens with zero attached hydrogens (tertiary/aromatic N) is 2. The summed E-state index contributed by atoms with van der Waals surface area (Å²) in [5, 5.41) is 8.95. The lowest BCUT2D eigenvalue weighted by Gasteiger charge is -2.48. The lowest BCUT2D eigenvalue weighted by molar-refractivity contribution is -0.0589. The minimum absolute atomic E-state index is 0.0409. The van der Waals surface area contributed by atoms with Crippen LogP contribution in [0.25, 0.3) is 0 Å². The molecule has 1 aliphatic heterocycles. The Labute approximate surface area is 126 Å². The maximum atomic E-state index is 8.95. The maximum Gasteiger partial charge on any atom is 0.218 e. The van der Waals surface area contributed by atoms with Gasteiger partial charge in [0, 0.05) is 37.1 Å². The lowest BCUT2D eigenvalue weighted by Crippen LogP contribution is -2.52. The van der Waals surface area contributed by atoms with E-state index in [1.165, 1.54) is 5.56 Å². The summed E-state index contributed by atoms with van der Waals surface area (Å²) in [7, 11) is 0. The van der Waals surface area contributed by atoms with Gasteiger partial charge in [-0.15, -0.1) is 0 Å². The highest BCUT2D eigenvalue weighted by Gasteiger charge is 2.50. The highest BCUT2D eigenvalue weighted by Crippen LogP contribution is 2.50. The number of hydrogen-bond acceptors (Lipinski definition) is 4. The van der Waals surface area contributed by atoms with Gasteiger partial charge in [-0.25, -0.2) is 4.98 Å². The first-order chi connectivity index (χ1) is 9.80. The van der Waals surface area contributed by atoms with Gasteiger partial charge in [0.05, 0.1) is 12.0 Å². The van der Waals surface area contributed by atoms with Gasteiger partial charge in [-0.3, -0.25) is 0 Å². The van der Waals surface area contributed by atoms with Gasteiger partial charge < -0.3 is 10.5 Å². The second kappa shape index (κ2) is 4.71. The van der Waals surface area contributed by atoms with Crippen molar-refractivity contribution < 1.29 is 4.74 Å². The molecule has 4 nitrogen and oxygen atoms in total. The van der Waals surface area contributed by atoms with Gasteiger partial charge in [0.25, 0.3) is 0 Å². The molecule has 0 saturated heterocycles. The van der Waals surface area contributed by atoms with E-state index in [9.17, 15) is 0 Å². The van der Waals surface area contributed by atoms with E-state index < -0.39 is 0 Å². The Balaban J connectivity index is 1.82. The van der Waals surface area contributed by atoms with Crippen molar-refractivity contribution in [1.82, 2.24) is 4.98 Å². The Morgan fingerprint density at radius 1 is 1.43 bits per heavy atom. The minimum atomic E-state index is -0.245. The molecule has 0 amide bonds. The van der Waals surface area contributed by atoms with Crippen LogP contribution in [0.4, 0.5) is 0 Å². The van der Waals surface area contributed by atoms with Crippen LogP contribution in [0.5, 0.6) is 5.88 Å². The van der Waals surface area contributed by atoms with Crippen LogP contribution in [-0.2, 0) is 6.42 Å². The molecule has 2 aliphatic rings. The summed E-state index contributed by atoms with van der Waals surface area (Å²) in [5.41, 5.74) is 8.55. The summed E-state index contributed by atoms with van der Waals surface area (Å²) in [6.45, 7) is 6.65. The summed E-state index contributed by atoms with van der Waals surface area (Å²) in [6, 6.07) is 4.41. The second-order valence-corrected chi connectivity index (χ2v) is 7.81. The third-order valence-electron chi connectivity index (χ3n) is 4.39. The Morgan fingerprint density at radius 2 is 2.14 bits per heavy atom. The fourth-order valence-electron chi connectivity index (χ4n) is 3.51. The van der Waals surface area contributed by atoms with Crippen LogP contribution < -0.4 is 10.5 Å². The molecule has 1 atom stereocenters. The summed E-state index contributed by atoms with van der Waals surface area (Å²) >= 11 is 0. The van der Waals surface area contributed by atoms with Gasteiger partial charge in [0.1, 0.15) is 5.60 Å². The molecule has 0 aromatic carbocycles. The van der Waals surface area contributed by atoms with Crippen molar-refractivity contribution in [3.05, 3.63) is 23.4 Å². The van der Waals surface area contributed by atoms with E-state index in [1.54, 1.807) is 0 Å². The van der Waals surface area contributed by atoms with Crippen molar-refractivity contribution in [1.29, 1.82) is 5.26 Å². The van der Waals surface area contributed by atoms with Gasteiger partial charge in [-0.2, -0.15) is 5.26 Å². The summed E-state index contributed by atoms with van der Waals surface area (Å²) in [4.78, 5) is 4.50. The van der Waals surface area contributed by atoms with Gasteiger partial charge in [0.2, 0.25) is 5.88 Å². The van der Waals surface area contributed by atoms with Crippen LogP contribution in [0, 0.1) is 22.7 Å². The molecule has 1 spiro atoms. The molecule has 0 radical (unpaired) electrons. The zero-order chi connectivity index (χ0) is 15.3. The molecule has 0 bridgehead atoms. The van der Waals surface area contributed by atoms with E-state index in [0.29, 0.717) is 5.88 Å². The third-order valence-corrected chi connectivity index (χ3v) is 4.39. The van der Waals surface area contributed by atoms with Crippen molar-refractivity contribution in [3.8, 4) is 11.9 Å². The first kappa shape index (κ1) is 14.3. The van der Waals surface area contributed by atoms with Gasteiger partial charge in [-0.05, 0) is 23.5 Å². The fourth-order valence-corrected chi connectivity index (χ4v) is 3.51. The van der Waals surface area contributed by atoms with Crippen LogP contribution in [0.15, 0.2) is 12.3 Å². The van der Waals surface area contributed by atoms with Crippen molar-refractivity contribution in [2.75, 3.05) is 0 Å². The summed E-state index contributed by atoms with van der Waals surface area (Å²) < 4.78 is 6.10. The zero-order valence-corrected chi connectivity index (χ0v) is 13.0. The number of pyridine rings is 1. The number of nitriles is 1. The predicted octanol–water partition coefficient (Wildman–Crippen LogP) is 3.12. The second-order valence-electron chi connectivity index (χ2n) is 7.81. The molecular weight excluding hydrogens is 262 g/mol. The summed E-state index contributed by atoms with van der Waals surface area (Å²) in [5.74, 6) is 0.779. The Kier molecular flexibility index (Phi) is 3.22. The molecule has 1 aromatic heterocycles. The van der Waals surface area contributed by atoms with Crippen molar-refractivity contribution in [2.24, 2.45) is 17.1 Å². The molecule has 21 heavy (non-hydrogen) atoms. The van der Waals surface area contributed by atoms with E-state index >= 15 is 0 Å². The van der Waals surface area contributed by atoms with Gasteiger partial charge in [0.15, 0.2) is 0 Å². The van der Waals surface area contributed by atoms with Crippen LogP contribution in [0.1, 0.15) is 57.2 Å². The number of rotatable bonds is 1. The van der Waals surface area contributed by atoms with Crippen LogP contribution in [-0.4, -0.2) is 10.6 Å². The molecule has 2 heterocycles. The number of nitrogens with two attached hydrogens (primary N) is 1. The Hall–Kier alpha value is -1.60. The van der Waals surface area contributed by atoms with E-state index in [1.807, 2.05) is 6.20 Å². The molecule has 1 aromatic rings. The SMILES string of the molecule is CC(C)(C)Cc1cnc2c(c1)[C@@H](N)CC1(CC(C#N)C1)O2. The first-order valence-electron chi connectivity index (χ1n) is 7.63. The van der Waals surface area contributed by atoms with E-state index in [2.05, 4.69) is 37.9 Å². The molecule has 3 rings (SSSR count). The fraction of sp³-hybridized carbons (Fsp3) is 0.647. The highest BCUT2D eigenvalue weighted by molar-refractivity contribution is 5.37. The Morgan fingerprint density at radius 3 is 2.76 bits per heavy atom. The van der Waals surface area contributed by atoms with E-state index in [0.717, 1.165) is 31.2 Å². The molecule has 1 aliphatic carbocycles. The largest absolute Gasteiger partial charge is 0.471 e. The maximum absolute atomic E-state index is 8.95. The predicted molar refractivity (Wildman–Crippen MR) is 80.6 cm³/mol. The van der Waals surface area contributed by atoms with E-state index in [-0.39, 0.29) is 23.0 Å². The average molecular weight is 285 g/mol. The van der Waals surface area contributed by atoms with Gasteiger partial charge in [-0.1, -0.05) is 20.8 Å². The molecule has 1 fully saturated rings. The van der Waals surface area contributed by atoms with Crippen LogP contribution >= 0.6 is 0 Å². The Bertz CT molecular complexity index is 591. The standard InChI is InChI=1S/C17H23N3O/c1-16(2,3)5-11-4-13-14(19)8-17(6-12(7-17)9-18)21-15(13)20-10-11/h4,10,12,14H,5-8,19H2,1-3H3/t12?,14-,17?/m0/s1. The summed E-state index contributed by atoms with van der Waals surface area (Å²) in [6.07, 6.45) is 5.22. The molecule has 2 N–H and O–H groups in total. The molecule has 4 heteroatoms. The van der Waals surface area contributed by atoms with Gasteiger partial charge >= 0.3 is 0 Å². The molecule has 1 saturated carbocycles. The van der Waals surface area contributed by atoms with Crippen molar-refractivity contribution in [2.45, 2.75) is 58.1 Å². The third kappa shape index (κ3) is 2.75. The quantitative estimate of drug-likeness (QED) is 0.860. The lowest BCUT2D eigenvalue weighted by atomic mass is 9.67. The van der Waals surface area contributed by atoms with Crippen LogP contribution in [0.3, 0.4) is 0 Å². The van der Waals surface area contributed by atoms with Crippen LogP contribution in [0.2, 0.25) is 0 Å². The first-order valence-corrected chi connectivity index (χ1v) is 7.63. The van der Waals surface area contributed by atoms with E-state index in [4.69, 9.17) is 15.7 Å².